The maximum absolute atomic E-state index is 12.8. The Morgan fingerprint density at radius 2 is 0.839 bits per heavy atom. The minimum absolute atomic E-state index is 0.0613. The number of benzene rings is 4. The van der Waals surface area contributed by atoms with Crippen molar-refractivity contribution in [3.63, 3.8) is 0 Å². The molecule has 3 nitrogen and oxygen atoms in total. The van der Waals surface area contributed by atoms with Crippen LogP contribution in [0.25, 0.3) is 0 Å². The van der Waals surface area contributed by atoms with Crippen LogP contribution in [0.3, 0.4) is 0 Å². The maximum atomic E-state index is 12.8. The van der Waals surface area contributed by atoms with E-state index in [-0.39, 0.29) is 13.2 Å². The molecule has 0 bridgehead atoms. The SMILES string of the molecule is OCCOC(c1ccccc1)(c1ccccc1)C(O)(c1ccccc1)c1ccccc1. The van der Waals surface area contributed by atoms with Crippen LogP contribution >= 0.6 is 0 Å². The van der Waals surface area contributed by atoms with Crippen LogP contribution in [-0.4, -0.2) is 23.4 Å². The van der Waals surface area contributed by atoms with Crippen LogP contribution in [0.2, 0.25) is 0 Å². The summed E-state index contributed by atoms with van der Waals surface area (Å²) in [6.07, 6.45) is 0. The van der Waals surface area contributed by atoms with Gasteiger partial charge in [-0.25, -0.2) is 0 Å². The van der Waals surface area contributed by atoms with Gasteiger partial charge in [0.2, 0.25) is 0 Å². The summed E-state index contributed by atoms with van der Waals surface area (Å²) in [6.45, 7) is -0.104. The van der Waals surface area contributed by atoms with Crippen molar-refractivity contribution in [1.29, 1.82) is 0 Å². The lowest BCUT2D eigenvalue weighted by Gasteiger charge is -2.48. The summed E-state index contributed by atoms with van der Waals surface area (Å²) < 4.78 is 6.53. The number of aliphatic hydroxyl groups is 2. The Labute approximate surface area is 183 Å². The summed E-state index contributed by atoms with van der Waals surface area (Å²) in [7, 11) is 0. The molecule has 0 atom stereocenters. The summed E-state index contributed by atoms with van der Waals surface area (Å²) in [5.41, 5.74) is 0.113. The van der Waals surface area contributed by atoms with Gasteiger partial charge in [0, 0.05) is 0 Å². The second-order valence-corrected chi connectivity index (χ2v) is 7.43. The number of hydrogen-bond donors (Lipinski definition) is 2. The van der Waals surface area contributed by atoms with E-state index >= 15 is 0 Å². The van der Waals surface area contributed by atoms with E-state index in [0.717, 1.165) is 11.1 Å². The van der Waals surface area contributed by atoms with E-state index in [2.05, 4.69) is 0 Å². The Kier molecular flexibility index (Phi) is 6.28. The molecule has 3 heteroatoms. The zero-order valence-corrected chi connectivity index (χ0v) is 17.3. The average molecular weight is 411 g/mol. The largest absolute Gasteiger partial charge is 0.394 e. The van der Waals surface area contributed by atoms with Crippen LogP contribution in [0.1, 0.15) is 22.3 Å². The first-order valence-corrected chi connectivity index (χ1v) is 10.4. The molecule has 31 heavy (non-hydrogen) atoms. The normalized spacial score (nSPS) is 11.9. The van der Waals surface area contributed by atoms with Crippen LogP contribution in [0.5, 0.6) is 0 Å². The molecule has 2 N–H and O–H groups in total. The van der Waals surface area contributed by atoms with E-state index in [1.807, 2.05) is 121 Å². The first-order valence-electron chi connectivity index (χ1n) is 10.4. The Hall–Kier alpha value is -3.24. The third-order valence-electron chi connectivity index (χ3n) is 5.66. The average Bonchev–Trinajstić information content (AvgIpc) is 2.86. The predicted octanol–water partition coefficient (Wildman–Crippen LogP) is 4.88. The molecule has 0 fully saturated rings. The minimum Gasteiger partial charge on any atom is -0.394 e. The number of rotatable bonds is 8. The molecule has 156 valence electrons. The molecule has 4 aromatic rings. The minimum atomic E-state index is -1.58. The van der Waals surface area contributed by atoms with Crippen molar-refractivity contribution in [2.24, 2.45) is 0 Å². The van der Waals surface area contributed by atoms with Gasteiger partial charge in [0.25, 0.3) is 0 Å². The molecule has 0 aliphatic carbocycles. The second kappa shape index (κ2) is 9.27. The van der Waals surface area contributed by atoms with Gasteiger partial charge in [-0.1, -0.05) is 121 Å². The van der Waals surface area contributed by atoms with Crippen molar-refractivity contribution in [3.8, 4) is 0 Å². The summed E-state index contributed by atoms with van der Waals surface area (Å²) in [4.78, 5) is 0. The van der Waals surface area contributed by atoms with Crippen LogP contribution in [0, 0.1) is 0 Å². The lowest BCUT2D eigenvalue weighted by molar-refractivity contribution is -0.157. The molecule has 0 radical (unpaired) electrons. The highest BCUT2D eigenvalue weighted by Gasteiger charge is 2.56. The lowest BCUT2D eigenvalue weighted by atomic mass is 9.66. The van der Waals surface area contributed by atoms with E-state index in [4.69, 9.17) is 4.74 Å². The highest BCUT2D eigenvalue weighted by molar-refractivity contribution is 5.50. The third-order valence-corrected chi connectivity index (χ3v) is 5.66. The molecule has 0 spiro atoms. The molecular formula is C28H26O3. The fourth-order valence-corrected chi connectivity index (χ4v) is 4.33. The van der Waals surface area contributed by atoms with Crippen molar-refractivity contribution in [1.82, 2.24) is 0 Å². The standard InChI is InChI=1S/C28H26O3/c29-21-22-31-28(25-17-9-3-10-18-25,26-19-11-4-12-20-26)27(30,23-13-5-1-6-14-23)24-15-7-2-8-16-24/h1-20,29-30H,21-22H2. The van der Waals surface area contributed by atoms with Crippen molar-refractivity contribution in [3.05, 3.63) is 144 Å². The first-order chi connectivity index (χ1) is 15.2. The molecule has 0 aliphatic heterocycles. The van der Waals surface area contributed by atoms with Crippen LogP contribution < -0.4 is 0 Å². The van der Waals surface area contributed by atoms with Crippen molar-refractivity contribution < 1.29 is 14.9 Å². The molecular weight excluding hydrogens is 384 g/mol. The molecule has 0 saturated carbocycles. The van der Waals surface area contributed by atoms with Crippen molar-refractivity contribution in [2.75, 3.05) is 13.2 Å². The van der Waals surface area contributed by atoms with E-state index < -0.39 is 11.2 Å². The Bertz CT molecular complexity index is 985. The van der Waals surface area contributed by atoms with Crippen LogP contribution in [0.4, 0.5) is 0 Å². The van der Waals surface area contributed by atoms with Gasteiger partial charge in [0.05, 0.1) is 13.2 Å². The molecule has 0 aliphatic rings. The Morgan fingerprint density at radius 1 is 0.516 bits per heavy atom. The summed E-state index contributed by atoms with van der Waals surface area (Å²) in [6, 6.07) is 38.6. The number of ether oxygens (including phenoxy) is 1. The molecule has 4 rings (SSSR count). The fraction of sp³-hybridized carbons (Fsp3) is 0.143. The first kappa shape index (κ1) is 21.0. The van der Waals surface area contributed by atoms with Gasteiger partial charge in [-0.2, -0.15) is 0 Å². The van der Waals surface area contributed by atoms with Crippen LogP contribution in [0.15, 0.2) is 121 Å². The Morgan fingerprint density at radius 3 is 1.16 bits per heavy atom. The number of aliphatic hydroxyl groups excluding tert-OH is 1. The van der Waals surface area contributed by atoms with E-state index in [0.29, 0.717) is 11.1 Å². The molecule has 0 heterocycles. The monoisotopic (exact) mass is 410 g/mol. The van der Waals surface area contributed by atoms with Crippen molar-refractivity contribution in [2.45, 2.75) is 11.2 Å². The molecule has 0 unspecified atom stereocenters. The Balaban J connectivity index is 2.13. The highest BCUT2D eigenvalue weighted by Crippen LogP contribution is 2.52. The fourth-order valence-electron chi connectivity index (χ4n) is 4.33. The predicted molar refractivity (Wildman–Crippen MR) is 123 cm³/mol. The second-order valence-electron chi connectivity index (χ2n) is 7.43. The van der Waals surface area contributed by atoms with Gasteiger partial charge in [-0.15, -0.1) is 0 Å². The van der Waals surface area contributed by atoms with Gasteiger partial charge in [-0.3, -0.25) is 0 Å². The quantitative estimate of drug-likeness (QED) is 0.435. The lowest BCUT2D eigenvalue weighted by Crippen LogP contribution is -2.53. The molecule has 0 aromatic heterocycles. The van der Waals surface area contributed by atoms with Gasteiger partial charge >= 0.3 is 0 Å². The van der Waals surface area contributed by atoms with Gasteiger partial charge in [0.1, 0.15) is 0 Å². The zero-order chi connectivity index (χ0) is 21.6. The maximum Gasteiger partial charge on any atom is 0.155 e. The zero-order valence-electron chi connectivity index (χ0n) is 17.3. The topological polar surface area (TPSA) is 49.7 Å². The summed E-state index contributed by atoms with van der Waals surface area (Å²) in [5, 5.41) is 22.5. The van der Waals surface area contributed by atoms with Gasteiger partial charge in [-0.05, 0) is 22.3 Å². The van der Waals surface area contributed by atoms with Crippen LogP contribution in [-0.2, 0) is 15.9 Å². The molecule has 4 aromatic carbocycles. The van der Waals surface area contributed by atoms with Gasteiger partial charge < -0.3 is 14.9 Å². The molecule has 0 saturated heterocycles. The summed E-state index contributed by atoms with van der Waals surface area (Å²) >= 11 is 0. The highest BCUT2D eigenvalue weighted by atomic mass is 16.5. The third kappa shape index (κ3) is 3.68. The van der Waals surface area contributed by atoms with E-state index in [1.165, 1.54) is 0 Å². The van der Waals surface area contributed by atoms with Crippen molar-refractivity contribution >= 4 is 0 Å². The number of hydrogen-bond acceptors (Lipinski definition) is 3. The van der Waals surface area contributed by atoms with E-state index in [1.54, 1.807) is 0 Å². The van der Waals surface area contributed by atoms with Gasteiger partial charge in [0.15, 0.2) is 11.2 Å². The molecule has 0 amide bonds. The van der Waals surface area contributed by atoms with E-state index in [9.17, 15) is 10.2 Å². The summed E-state index contributed by atoms with van der Waals surface area (Å²) in [5.74, 6) is 0. The smallest absolute Gasteiger partial charge is 0.155 e.